The number of carbonyl (C=O) groups is 4. The highest BCUT2D eigenvalue weighted by atomic mass is 32.2. The Morgan fingerprint density at radius 2 is 1.28 bits per heavy atom. The molecule has 0 saturated heterocycles. The zero-order valence-corrected chi connectivity index (χ0v) is 21.1. The third kappa shape index (κ3) is 11.9. The largest absolute Gasteiger partial charge is 0.480 e. The summed E-state index contributed by atoms with van der Waals surface area (Å²) in [5.41, 5.74) is 5.93. The summed E-state index contributed by atoms with van der Waals surface area (Å²) in [7, 11) is 0. The van der Waals surface area contributed by atoms with Gasteiger partial charge in [0.2, 0.25) is 17.7 Å². The first kappa shape index (κ1) is 30.5. The van der Waals surface area contributed by atoms with Crippen LogP contribution < -0.4 is 21.7 Å². The number of carbonyl (C=O) groups excluding carboxylic acids is 3. The highest BCUT2D eigenvalue weighted by Crippen LogP contribution is 2.08. The maximum Gasteiger partial charge on any atom is 0.328 e. The van der Waals surface area contributed by atoms with E-state index in [0.29, 0.717) is 24.3 Å². The van der Waals surface area contributed by atoms with E-state index in [1.807, 2.05) is 26.4 Å². The number of aliphatic carboxylic acids is 1. The van der Waals surface area contributed by atoms with Crippen LogP contribution in [-0.4, -0.2) is 88.2 Å². The van der Waals surface area contributed by atoms with Gasteiger partial charge in [-0.25, -0.2) is 4.79 Å². The van der Waals surface area contributed by atoms with E-state index in [0.717, 1.165) is 0 Å². The fraction of sp³-hybridized carbons (Fsp3) is 0.800. The third-order valence-electron chi connectivity index (χ3n) is 4.60. The Kier molecular flexibility index (Phi) is 15.4. The molecule has 0 spiro atoms. The van der Waals surface area contributed by atoms with E-state index in [9.17, 15) is 29.4 Å². The molecule has 0 fully saturated rings. The Morgan fingerprint density at radius 3 is 1.66 bits per heavy atom. The smallest absolute Gasteiger partial charge is 0.328 e. The van der Waals surface area contributed by atoms with Gasteiger partial charge in [-0.2, -0.15) is 23.5 Å². The minimum absolute atomic E-state index is 0.213. The molecule has 12 heteroatoms. The lowest BCUT2D eigenvalue weighted by Gasteiger charge is -2.26. The van der Waals surface area contributed by atoms with Crippen molar-refractivity contribution in [2.24, 2.45) is 11.7 Å². The highest BCUT2D eigenvalue weighted by Gasteiger charge is 2.31. The number of aliphatic hydroxyl groups is 1. The quantitative estimate of drug-likeness (QED) is 0.170. The summed E-state index contributed by atoms with van der Waals surface area (Å²) in [5.74, 6) is -1.74. The lowest BCUT2D eigenvalue weighted by atomic mass is 10.0. The summed E-state index contributed by atoms with van der Waals surface area (Å²) in [5, 5.41) is 26.4. The van der Waals surface area contributed by atoms with Crippen LogP contribution in [0.3, 0.4) is 0 Å². The molecule has 0 rings (SSSR count). The molecular weight excluding hydrogens is 456 g/mol. The molecule has 7 N–H and O–H groups in total. The second kappa shape index (κ2) is 16.2. The van der Waals surface area contributed by atoms with Crippen molar-refractivity contribution < 1.29 is 29.4 Å². The van der Waals surface area contributed by atoms with E-state index in [4.69, 9.17) is 5.73 Å². The van der Waals surface area contributed by atoms with E-state index in [1.54, 1.807) is 0 Å². The van der Waals surface area contributed by atoms with Crippen LogP contribution in [0.15, 0.2) is 0 Å². The van der Waals surface area contributed by atoms with Gasteiger partial charge in [0, 0.05) is 0 Å². The molecular formula is C20H38N4O6S2. The molecule has 0 bridgehead atoms. The lowest BCUT2D eigenvalue weighted by molar-refractivity contribution is -0.145. The van der Waals surface area contributed by atoms with Gasteiger partial charge in [-0.3, -0.25) is 14.4 Å². The number of rotatable bonds is 16. The molecule has 10 nitrogen and oxygen atoms in total. The number of amides is 3. The summed E-state index contributed by atoms with van der Waals surface area (Å²) < 4.78 is 0. The summed E-state index contributed by atoms with van der Waals surface area (Å²) >= 11 is 2.97. The highest BCUT2D eigenvalue weighted by molar-refractivity contribution is 7.98. The van der Waals surface area contributed by atoms with E-state index in [1.165, 1.54) is 30.4 Å². The Hall–Kier alpha value is -1.50. The lowest BCUT2D eigenvalue weighted by Crippen LogP contribution is -2.58. The zero-order valence-electron chi connectivity index (χ0n) is 19.4. The molecule has 0 aromatic rings. The van der Waals surface area contributed by atoms with Crippen LogP contribution in [0.2, 0.25) is 0 Å². The predicted molar refractivity (Wildman–Crippen MR) is 129 cm³/mol. The van der Waals surface area contributed by atoms with Gasteiger partial charge >= 0.3 is 5.97 Å². The van der Waals surface area contributed by atoms with E-state index in [2.05, 4.69) is 16.0 Å². The van der Waals surface area contributed by atoms with E-state index < -0.39 is 54.0 Å². The number of hydrogen-bond donors (Lipinski definition) is 6. The average Bonchev–Trinajstić information content (AvgIpc) is 2.70. The van der Waals surface area contributed by atoms with Crippen LogP contribution in [0.1, 0.15) is 40.0 Å². The monoisotopic (exact) mass is 494 g/mol. The molecule has 32 heavy (non-hydrogen) atoms. The van der Waals surface area contributed by atoms with Gasteiger partial charge in [-0.05, 0) is 56.1 Å². The van der Waals surface area contributed by atoms with Crippen LogP contribution in [0.5, 0.6) is 0 Å². The summed E-state index contributed by atoms with van der Waals surface area (Å²) in [6.45, 7) is 5.14. The maximum atomic E-state index is 12.9. The third-order valence-corrected chi connectivity index (χ3v) is 5.88. The molecule has 0 aromatic carbocycles. The number of aliphatic hydroxyl groups excluding tert-OH is 1. The van der Waals surface area contributed by atoms with Gasteiger partial charge in [0.25, 0.3) is 0 Å². The molecule has 5 atom stereocenters. The van der Waals surface area contributed by atoms with Crippen LogP contribution in [0.25, 0.3) is 0 Å². The van der Waals surface area contributed by atoms with Crippen LogP contribution in [0.4, 0.5) is 0 Å². The molecule has 3 amide bonds. The Labute approximate surface area is 198 Å². The number of nitrogens with one attached hydrogen (secondary N) is 3. The standard InChI is InChI=1S/C20H38N4O6S2/c1-11(2)10-13(21)17(26)22-14(6-8-31-4)18(27)23-15(7-9-32-5)19(28)24-16(12(3)25)20(29)30/h11-16,25H,6-10,21H2,1-5H3,(H,22,26)(H,23,27)(H,24,28)(H,29,30). The van der Waals surface area contributed by atoms with E-state index >= 15 is 0 Å². The fourth-order valence-electron chi connectivity index (χ4n) is 2.82. The van der Waals surface area contributed by atoms with Crippen molar-refractivity contribution in [2.75, 3.05) is 24.0 Å². The summed E-state index contributed by atoms with van der Waals surface area (Å²) in [6.07, 6.45) is 3.46. The number of nitrogens with two attached hydrogens (primary N) is 1. The Bertz CT molecular complexity index is 621. The molecule has 0 heterocycles. The van der Waals surface area contributed by atoms with Gasteiger partial charge in [-0.15, -0.1) is 0 Å². The van der Waals surface area contributed by atoms with Gasteiger partial charge in [0.15, 0.2) is 6.04 Å². The Balaban J connectivity index is 5.39. The minimum atomic E-state index is -1.50. The van der Waals surface area contributed by atoms with Crippen LogP contribution in [-0.2, 0) is 19.2 Å². The molecule has 0 aliphatic carbocycles. The molecule has 0 radical (unpaired) electrons. The molecule has 5 unspecified atom stereocenters. The number of hydrogen-bond acceptors (Lipinski definition) is 8. The Morgan fingerprint density at radius 1 is 0.844 bits per heavy atom. The van der Waals surface area contributed by atoms with Crippen molar-refractivity contribution in [2.45, 2.75) is 70.3 Å². The van der Waals surface area contributed by atoms with Crippen molar-refractivity contribution in [3.05, 3.63) is 0 Å². The average molecular weight is 495 g/mol. The molecule has 186 valence electrons. The zero-order chi connectivity index (χ0) is 24.8. The number of carboxylic acids is 1. The first-order valence-electron chi connectivity index (χ1n) is 10.5. The van der Waals surface area contributed by atoms with E-state index in [-0.39, 0.29) is 12.3 Å². The van der Waals surface area contributed by atoms with Crippen molar-refractivity contribution in [3.8, 4) is 0 Å². The van der Waals surface area contributed by atoms with Gasteiger partial charge in [0.1, 0.15) is 12.1 Å². The summed E-state index contributed by atoms with van der Waals surface area (Å²) in [6, 6.07) is -4.16. The first-order valence-corrected chi connectivity index (χ1v) is 13.3. The van der Waals surface area contributed by atoms with Crippen molar-refractivity contribution >= 4 is 47.2 Å². The second-order valence-electron chi connectivity index (χ2n) is 7.99. The normalized spacial score (nSPS) is 15.9. The molecule has 0 aliphatic rings. The van der Waals surface area contributed by atoms with Gasteiger partial charge < -0.3 is 31.9 Å². The predicted octanol–water partition coefficient (Wildman–Crippen LogP) is -0.214. The molecule has 0 aliphatic heterocycles. The first-order chi connectivity index (χ1) is 14.9. The van der Waals surface area contributed by atoms with Crippen molar-refractivity contribution in [1.29, 1.82) is 0 Å². The summed E-state index contributed by atoms with van der Waals surface area (Å²) in [4.78, 5) is 49.3. The van der Waals surface area contributed by atoms with Gasteiger partial charge in [0.05, 0.1) is 12.1 Å². The fourth-order valence-corrected chi connectivity index (χ4v) is 3.76. The second-order valence-corrected chi connectivity index (χ2v) is 9.96. The topological polar surface area (TPSA) is 171 Å². The molecule has 0 aromatic heterocycles. The minimum Gasteiger partial charge on any atom is -0.480 e. The van der Waals surface area contributed by atoms with Crippen LogP contribution in [0, 0.1) is 5.92 Å². The number of carboxylic acid groups (broad SMARTS) is 1. The van der Waals surface area contributed by atoms with Crippen LogP contribution >= 0.6 is 23.5 Å². The SMILES string of the molecule is CSCCC(NC(=O)C(N)CC(C)C)C(=O)NC(CCSC)C(=O)NC(C(=O)O)C(C)O. The van der Waals surface area contributed by atoms with Gasteiger partial charge in [-0.1, -0.05) is 13.8 Å². The molecule has 0 saturated carbocycles. The van der Waals surface area contributed by atoms with Crippen molar-refractivity contribution in [1.82, 2.24) is 16.0 Å². The number of thioether (sulfide) groups is 2. The van der Waals surface area contributed by atoms with Crippen molar-refractivity contribution in [3.63, 3.8) is 0 Å². The maximum absolute atomic E-state index is 12.9.